The van der Waals surface area contributed by atoms with E-state index in [1.165, 1.54) is 41.8 Å². The van der Waals surface area contributed by atoms with Crippen molar-refractivity contribution in [2.75, 3.05) is 0 Å². The average Bonchev–Trinajstić information content (AvgIpc) is 3.15. The third-order valence-electron chi connectivity index (χ3n) is 4.93. The van der Waals surface area contributed by atoms with Gasteiger partial charge in [-0.2, -0.15) is 0 Å². The number of benzene rings is 1. The first kappa shape index (κ1) is 12.2. The molecule has 2 aromatic rings. The number of nitrogens with one attached hydrogen (secondary N) is 2. The molecule has 3 heteroatoms. The van der Waals surface area contributed by atoms with Gasteiger partial charge in [0.15, 0.2) is 0 Å². The second-order valence-corrected chi connectivity index (χ2v) is 6.39. The zero-order chi connectivity index (χ0) is 13.7. The Labute approximate surface area is 119 Å². The standard InChI is InChI=1S/C17H21N3/c1-10-3-4-11(2)13(7-10)16-9-18-17(20-16)14-8-12-5-6-15(14)19-12/h3-4,7,9,12,14-15,19H,5-6,8H2,1-2H3,(H,18,20). The lowest BCUT2D eigenvalue weighted by molar-refractivity contribution is 0.490. The predicted octanol–water partition coefficient (Wildman–Crippen LogP) is 3.30. The summed E-state index contributed by atoms with van der Waals surface area (Å²) in [6.45, 7) is 4.30. The Kier molecular flexibility index (Phi) is 2.71. The summed E-state index contributed by atoms with van der Waals surface area (Å²) < 4.78 is 0. The Balaban J connectivity index is 1.66. The van der Waals surface area contributed by atoms with Crippen LogP contribution in [0.3, 0.4) is 0 Å². The number of imidazole rings is 1. The Morgan fingerprint density at radius 1 is 1.20 bits per heavy atom. The summed E-state index contributed by atoms with van der Waals surface area (Å²) in [4.78, 5) is 8.24. The van der Waals surface area contributed by atoms with Crippen LogP contribution in [-0.4, -0.2) is 22.1 Å². The van der Waals surface area contributed by atoms with Crippen molar-refractivity contribution in [1.82, 2.24) is 15.3 Å². The first-order valence-electron chi connectivity index (χ1n) is 7.59. The fraction of sp³-hybridized carbons (Fsp3) is 0.471. The van der Waals surface area contributed by atoms with Crippen LogP contribution in [0.1, 0.15) is 42.1 Å². The number of rotatable bonds is 2. The zero-order valence-corrected chi connectivity index (χ0v) is 12.1. The summed E-state index contributed by atoms with van der Waals surface area (Å²) >= 11 is 0. The van der Waals surface area contributed by atoms with Crippen molar-refractivity contribution in [3.05, 3.63) is 41.3 Å². The van der Waals surface area contributed by atoms with Crippen LogP contribution in [0.15, 0.2) is 24.4 Å². The number of hydrogen-bond acceptors (Lipinski definition) is 2. The molecule has 2 aliphatic rings. The van der Waals surface area contributed by atoms with E-state index in [1.807, 2.05) is 6.20 Å². The van der Waals surface area contributed by atoms with Crippen LogP contribution in [-0.2, 0) is 0 Å². The van der Waals surface area contributed by atoms with Crippen LogP contribution >= 0.6 is 0 Å². The fourth-order valence-electron chi connectivity index (χ4n) is 3.81. The van der Waals surface area contributed by atoms with Crippen molar-refractivity contribution in [1.29, 1.82) is 0 Å². The lowest BCUT2D eigenvalue weighted by Crippen LogP contribution is -2.22. The molecular formula is C17H21N3. The van der Waals surface area contributed by atoms with E-state index in [9.17, 15) is 0 Å². The van der Waals surface area contributed by atoms with E-state index in [0.29, 0.717) is 12.0 Å². The van der Waals surface area contributed by atoms with Crippen molar-refractivity contribution >= 4 is 0 Å². The largest absolute Gasteiger partial charge is 0.342 e. The molecule has 3 nitrogen and oxygen atoms in total. The first-order chi connectivity index (χ1) is 9.70. The van der Waals surface area contributed by atoms with E-state index in [-0.39, 0.29) is 0 Å². The molecule has 2 fully saturated rings. The van der Waals surface area contributed by atoms with Gasteiger partial charge in [0, 0.05) is 23.6 Å². The minimum Gasteiger partial charge on any atom is -0.342 e. The molecule has 2 bridgehead atoms. The SMILES string of the molecule is Cc1ccc(C)c(-c2cnc(C3CC4CCC3N4)[nH]2)c1. The second kappa shape index (κ2) is 4.45. The van der Waals surface area contributed by atoms with Crippen LogP contribution < -0.4 is 5.32 Å². The molecule has 4 rings (SSSR count). The molecule has 0 aliphatic carbocycles. The second-order valence-electron chi connectivity index (χ2n) is 6.39. The summed E-state index contributed by atoms with van der Waals surface area (Å²) in [7, 11) is 0. The molecule has 3 atom stereocenters. The Hall–Kier alpha value is -1.61. The van der Waals surface area contributed by atoms with Crippen molar-refractivity contribution in [2.45, 2.75) is 51.1 Å². The van der Waals surface area contributed by atoms with Gasteiger partial charge in [-0.05, 0) is 44.7 Å². The Morgan fingerprint density at radius 3 is 2.85 bits per heavy atom. The number of H-pyrrole nitrogens is 1. The highest BCUT2D eigenvalue weighted by Crippen LogP contribution is 2.39. The minimum atomic E-state index is 0.576. The lowest BCUT2D eigenvalue weighted by atomic mass is 9.89. The van der Waals surface area contributed by atoms with Gasteiger partial charge in [-0.3, -0.25) is 0 Å². The van der Waals surface area contributed by atoms with E-state index >= 15 is 0 Å². The normalized spacial score (nSPS) is 28.2. The highest BCUT2D eigenvalue weighted by Gasteiger charge is 2.41. The summed E-state index contributed by atoms with van der Waals surface area (Å²) in [5.41, 5.74) is 5.03. The van der Waals surface area contributed by atoms with Crippen LogP contribution in [0.2, 0.25) is 0 Å². The number of hydrogen-bond donors (Lipinski definition) is 2. The number of fused-ring (bicyclic) bond motifs is 2. The molecule has 0 radical (unpaired) electrons. The molecule has 0 spiro atoms. The minimum absolute atomic E-state index is 0.576. The number of aromatic amines is 1. The molecule has 0 saturated carbocycles. The predicted molar refractivity (Wildman–Crippen MR) is 80.8 cm³/mol. The molecular weight excluding hydrogens is 246 g/mol. The quantitative estimate of drug-likeness (QED) is 0.876. The molecule has 2 N–H and O–H groups in total. The molecule has 2 aliphatic heterocycles. The van der Waals surface area contributed by atoms with Gasteiger partial charge in [-0.25, -0.2) is 4.98 Å². The van der Waals surface area contributed by atoms with E-state index < -0.39 is 0 Å². The van der Waals surface area contributed by atoms with Gasteiger partial charge in [-0.1, -0.05) is 17.7 Å². The average molecular weight is 267 g/mol. The first-order valence-corrected chi connectivity index (χ1v) is 7.59. The summed E-state index contributed by atoms with van der Waals surface area (Å²) in [5.74, 6) is 1.74. The van der Waals surface area contributed by atoms with Gasteiger partial charge in [0.2, 0.25) is 0 Å². The third kappa shape index (κ3) is 1.88. The number of nitrogens with zero attached hydrogens (tertiary/aromatic N) is 1. The van der Waals surface area contributed by atoms with Gasteiger partial charge in [-0.15, -0.1) is 0 Å². The zero-order valence-electron chi connectivity index (χ0n) is 12.1. The van der Waals surface area contributed by atoms with Gasteiger partial charge < -0.3 is 10.3 Å². The maximum Gasteiger partial charge on any atom is 0.111 e. The van der Waals surface area contributed by atoms with Gasteiger partial charge in [0.1, 0.15) is 5.82 Å². The van der Waals surface area contributed by atoms with E-state index in [0.717, 1.165) is 11.7 Å². The summed E-state index contributed by atoms with van der Waals surface area (Å²) in [6, 6.07) is 7.95. The maximum atomic E-state index is 4.67. The summed E-state index contributed by atoms with van der Waals surface area (Å²) in [6.07, 6.45) is 5.88. The highest BCUT2D eigenvalue weighted by molar-refractivity contribution is 5.64. The van der Waals surface area contributed by atoms with Gasteiger partial charge >= 0.3 is 0 Å². The topological polar surface area (TPSA) is 40.7 Å². The molecule has 20 heavy (non-hydrogen) atoms. The number of aryl methyl sites for hydroxylation is 2. The molecule has 1 aromatic carbocycles. The summed E-state index contributed by atoms with van der Waals surface area (Å²) in [5, 5.41) is 3.69. The van der Waals surface area contributed by atoms with Crippen LogP contribution in [0.25, 0.3) is 11.3 Å². The van der Waals surface area contributed by atoms with Gasteiger partial charge in [0.05, 0.1) is 11.9 Å². The van der Waals surface area contributed by atoms with Crippen molar-refractivity contribution < 1.29 is 0 Å². The third-order valence-corrected chi connectivity index (χ3v) is 4.93. The van der Waals surface area contributed by atoms with Crippen LogP contribution in [0.4, 0.5) is 0 Å². The van der Waals surface area contributed by atoms with E-state index in [4.69, 9.17) is 0 Å². The maximum absolute atomic E-state index is 4.67. The van der Waals surface area contributed by atoms with Gasteiger partial charge in [0.25, 0.3) is 0 Å². The fourth-order valence-corrected chi connectivity index (χ4v) is 3.81. The molecule has 104 valence electrons. The molecule has 1 aromatic heterocycles. The van der Waals surface area contributed by atoms with Crippen molar-refractivity contribution in [3.8, 4) is 11.3 Å². The molecule has 2 saturated heterocycles. The molecule has 3 heterocycles. The Bertz CT molecular complexity index is 643. The van der Waals surface area contributed by atoms with E-state index in [2.05, 4.69) is 47.3 Å². The lowest BCUT2D eigenvalue weighted by Gasteiger charge is -2.17. The van der Waals surface area contributed by atoms with Crippen molar-refractivity contribution in [2.24, 2.45) is 0 Å². The Morgan fingerprint density at radius 2 is 2.10 bits per heavy atom. The number of aromatic nitrogens is 2. The monoisotopic (exact) mass is 267 g/mol. The van der Waals surface area contributed by atoms with Crippen LogP contribution in [0, 0.1) is 13.8 Å². The van der Waals surface area contributed by atoms with Crippen LogP contribution in [0.5, 0.6) is 0 Å². The molecule has 0 amide bonds. The molecule has 3 unspecified atom stereocenters. The highest BCUT2D eigenvalue weighted by atomic mass is 15.1. The van der Waals surface area contributed by atoms with Crippen molar-refractivity contribution in [3.63, 3.8) is 0 Å². The smallest absolute Gasteiger partial charge is 0.111 e. The van der Waals surface area contributed by atoms with E-state index in [1.54, 1.807) is 0 Å².